The topological polar surface area (TPSA) is 37.6 Å². The van der Waals surface area contributed by atoms with Gasteiger partial charge in [0.2, 0.25) is 5.82 Å². The monoisotopic (exact) mass is 333 g/mol. The fraction of sp³-hybridized carbons (Fsp3) is 0.125. The highest BCUT2D eigenvalue weighted by Gasteiger charge is 2.20. The van der Waals surface area contributed by atoms with Gasteiger partial charge in [-0.1, -0.05) is 29.3 Å². The fourth-order valence-electron chi connectivity index (χ4n) is 2.27. The molecule has 0 radical (unpaired) electrons. The van der Waals surface area contributed by atoms with Crippen LogP contribution >= 0.6 is 23.2 Å². The van der Waals surface area contributed by atoms with Crippen molar-refractivity contribution in [2.75, 3.05) is 14.1 Å². The second-order valence-corrected chi connectivity index (χ2v) is 5.91. The second-order valence-electron chi connectivity index (χ2n) is 5.06. The minimum Gasteiger partial charge on any atom is -0.342 e. The molecule has 0 bridgehead atoms. The highest BCUT2D eigenvalue weighted by Crippen LogP contribution is 2.32. The molecule has 1 aromatic carbocycles. The van der Waals surface area contributed by atoms with Gasteiger partial charge < -0.3 is 4.90 Å². The van der Waals surface area contributed by atoms with Gasteiger partial charge in [0.15, 0.2) is 0 Å². The van der Waals surface area contributed by atoms with E-state index in [2.05, 4.69) is 4.98 Å². The van der Waals surface area contributed by atoms with Crippen LogP contribution in [0.3, 0.4) is 0 Å². The number of amides is 1. The number of fused-ring (bicyclic) bond motifs is 1. The molecule has 6 heteroatoms. The van der Waals surface area contributed by atoms with Gasteiger partial charge in [0.25, 0.3) is 5.91 Å². The summed E-state index contributed by atoms with van der Waals surface area (Å²) in [5, 5.41) is 1.06. The van der Waals surface area contributed by atoms with Gasteiger partial charge in [0, 0.05) is 30.9 Å². The minimum atomic E-state index is -0.169. The summed E-state index contributed by atoms with van der Waals surface area (Å²) in [5.41, 5.74) is 2.22. The molecular weight excluding hydrogens is 321 g/mol. The second kappa shape index (κ2) is 5.63. The van der Waals surface area contributed by atoms with E-state index in [1.54, 1.807) is 30.6 Å². The quantitative estimate of drug-likeness (QED) is 0.710. The fourth-order valence-corrected chi connectivity index (χ4v) is 2.77. The molecule has 0 saturated carbocycles. The first-order valence-corrected chi connectivity index (χ1v) is 7.39. The Kier molecular flexibility index (Phi) is 3.81. The molecule has 4 nitrogen and oxygen atoms in total. The smallest absolute Gasteiger partial charge is 0.289 e. The van der Waals surface area contributed by atoms with Gasteiger partial charge >= 0.3 is 0 Å². The molecule has 22 heavy (non-hydrogen) atoms. The Labute approximate surface area is 137 Å². The summed E-state index contributed by atoms with van der Waals surface area (Å²) in [6, 6.07) is 10.9. The molecule has 0 atom stereocenters. The Balaban J connectivity index is 2.29. The van der Waals surface area contributed by atoms with Crippen molar-refractivity contribution < 1.29 is 4.79 Å². The normalized spacial score (nSPS) is 10.9. The average molecular weight is 334 g/mol. The highest BCUT2D eigenvalue weighted by atomic mass is 35.5. The van der Waals surface area contributed by atoms with Gasteiger partial charge in [0.1, 0.15) is 0 Å². The summed E-state index contributed by atoms with van der Waals surface area (Å²) in [6.45, 7) is 0. The number of carbonyl (C=O) groups excluding carboxylic acids is 1. The first kappa shape index (κ1) is 14.9. The molecule has 0 aliphatic rings. The van der Waals surface area contributed by atoms with E-state index in [0.29, 0.717) is 21.6 Å². The molecular formula is C16H13Cl2N3O. The van der Waals surface area contributed by atoms with E-state index in [9.17, 15) is 4.79 Å². The molecule has 0 N–H and O–H groups in total. The number of hydrogen-bond donors (Lipinski definition) is 0. The zero-order valence-corrected chi connectivity index (χ0v) is 13.6. The standard InChI is InChI=1S/C16H13Cl2N3O/c1-20(2)16(22)15-19-14(13-5-3-4-8-21(13)15)11-7-6-10(17)9-12(11)18/h3-9H,1-2H3. The number of halogens is 2. The summed E-state index contributed by atoms with van der Waals surface area (Å²) in [5.74, 6) is 0.180. The summed E-state index contributed by atoms with van der Waals surface area (Å²) in [7, 11) is 3.39. The van der Waals surface area contributed by atoms with Crippen LogP contribution in [0.15, 0.2) is 42.6 Å². The van der Waals surface area contributed by atoms with Gasteiger partial charge in [-0.25, -0.2) is 4.98 Å². The van der Waals surface area contributed by atoms with E-state index in [1.807, 2.05) is 30.5 Å². The van der Waals surface area contributed by atoms with E-state index in [1.165, 1.54) is 4.90 Å². The third-order valence-corrected chi connectivity index (χ3v) is 3.88. The van der Waals surface area contributed by atoms with Crippen LogP contribution in [0.1, 0.15) is 10.6 Å². The van der Waals surface area contributed by atoms with Gasteiger partial charge in [-0.2, -0.15) is 0 Å². The lowest BCUT2D eigenvalue weighted by Gasteiger charge is -2.08. The van der Waals surface area contributed by atoms with E-state index in [-0.39, 0.29) is 5.91 Å². The Morgan fingerprint density at radius 3 is 2.64 bits per heavy atom. The van der Waals surface area contributed by atoms with Gasteiger partial charge in [-0.15, -0.1) is 0 Å². The van der Waals surface area contributed by atoms with E-state index in [0.717, 1.165) is 11.1 Å². The third kappa shape index (κ3) is 2.45. The van der Waals surface area contributed by atoms with E-state index < -0.39 is 0 Å². The first-order valence-electron chi connectivity index (χ1n) is 6.63. The van der Waals surface area contributed by atoms with Crippen LogP contribution in [-0.4, -0.2) is 34.3 Å². The third-order valence-electron chi connectivity index (χ3n) is 3.33. The van der Waals surface area contributed by atoms with Gasteiger partial charge in [0.05, 0.1) is 16.2 Å². The minimum absolute atomic E-state index is 0.169. The predicted octanol–water partition coefficient (Wildman–Crippen LogP) is 4.01. The molecule has 0 fully saturated rings. The summed E-state index contributed by atoms with van der Waals surface area (Å²) >= 11 is 12.2. The molecule has 0 spiro atoms. The lowest BCUT2D eigenvalue weighted by molar-refractivity contribution is 0.0815. The average Bonchev–Trinajstić information content (AvgIpc) is 2.86. The number of hydrogen-bond acceptors (Lipinski definition) is 2. The van der Waals surface area contributed by atoms with Crippen LogP contribution in [-0.2, 0) is 0 Å². The summed E-state index contributed by atoms with van der Waals surface area (Å²) < 4.78 is 1.77. The number of benzene rings is 1. The Morgan fingerprint density at radius 2 is 1.95 bits per heavy atom. The van der Waals surface area contributed by atoms with Crippen molar-refractivity contribution in [3.8, 4) is 11.3 Å². The van der Waals surface area contributed by atoms with E-state index >= 15 is 0 Å². The van der Waals surface area contributed by atoms with Gasteiger partial charge in [-0.3, -0.25) is 9.20 Å². The zero-order chi connectivity index (χ0) is 15.9. The molecule has 3 aromatic rings. The van der Waals surface area contributed by atoms with Crippen molar-refractivity contribution in [2.24, 2.45) is 0 Å². The molecule has 2 heterocycles. The van der Waals surface area contributed by atoms with Crippen LogP contribution in [0.5, 0.6) is 0 Å². The molecule has 3 rings (SSSR count). The number of carbonyl (C=O) groups is 1. The van der Waals surface area contributed by atoms with E-state index in [4.69, 9.17) is 23.2 Å². The lowest BCUT2D eigenvalue weighted by Crippen LogP contribution is -2.24. The summed E-state index contributed by atoms with van der Waals surface area (Å²) in [6.07, 6.45) is 1.81. The van der Waals surface area contributed by atoms with Crippen molar-refractivity contribution in [3.63, 3.8) is 0 Å². The van der Waals surface area contributed by atoms with Crippen LogP contribution in [0.25, 0.3) is 16.8 Å². The van der Waals surface area contributed by atoms with Gasteiger partial charge in [-0.05, 0) is 30.3 Å². The van der Waals surface area contributed by atoms with Crippen molar-refractivity contribution in [2.45, 2.75) is 0 Å². The maximum Gasteiger partial charge on any atom is 0.289 e. The number of aromatic nitrogens is 2. The molecule has 0 unspecified atom stereocenters. The maximum absolute atomic E-state index is 12.3. The zero-order valence-electron chi connectivity index (χ0n) is 12.0. The Hall–Kier alpha value is -2.04. The van der Waals surface area contributed by atoms with Crippen molar-refractivity contribution in [1.29, 1.82) is 0 Å². The molecule has 1 amide bonds. The van der Waals surface area contributed by atoms with Crippen molar-refractivity contribution in [1.82, 2.24) is 14.3 Å². The Morgan fingerprint density at radius 1 is 1.18 bits per heavy atom. The summed E-state index contributed by atoms with van der Waals surface area (Å²) in [4.78, 5) is 18.3. The van der Waals surface area contributed by atoms with Crippen LogP contribution in [0.4, 0.5) is 0 Å². The number of rotatable bonds is 2. The highest BCUT2D eigenvalue weighted by molar-refractivity contribution is 6.36. The number of imidazole rings is 1. The lowest BCUT2D eigenvalue weighted by atomic mass is 10.1. The number of pyridine rings is 1. The SMILES string of the molecule is CN(C)C(=O)c1nc(-c2ccc(Cl)cc2Cl)c2ccccn12. The molecule has 0 aliphatic heterocycles. The number of nitrogens with zero attached hydrogens (tertiary/aromatic N) is 3. The molecule has 0 aliphatic carbocycles. The van der Waals surface area contributed by atoms with Crippen LogP contribution < -0.4 is 0 Å². The van der Waals surface area contributed by atoms with Crippen LogP contribution in [0, 0.1) is 0 Å². The molecule has 112 valence electrons. The largest absolute Gasteiger partial charge is 0.342 e. The van der Waals surface area contributed by atoms with Crippen molar-refractivity contribution >= 4 is 34.6 Å². The Bertz CT molecular complexity index is 871. The molecule has 2 aromatic heterocycles. The predicted molar refractivity (Wildman–Crippen MR) is 88.7 cm³/mol. The van der Waals surface area contributed by atoms with Crippen LogP contribution in [0.2, 0.25) is 10.0 Å². The first-order chi connectivity index (χ1) is 10.5. The van der Waals surface area contributed by atoms with Crippen molar-refractivity contribution in [3.05, 3.63) is 58.5 Å². The maximum atomic E-state index is 12.3. The molecule has 0 saturated heterocycles.